The van der Waals surface area contributed by atoms with E-state index in [0.29, 0.717) is 0 Å². The second-order valence-electron chi connectivity index (χ2n) is 4.66. The number of hydrogen-bond acceptors (Lipinski definition) is 1. The normalized spacial score (nSPS) is 23.7. The number of rotatable bonds is 4. The number of nitrogens with zero attached hydrogens (tertiary/aromatic N) is 1. The summed E-state index contributed by atoms with van der Waals surface area (Å²) in [4.78, 5) is 2.43. The number of halogens is 1. The van der Waals surface area contributed by atoms with E-state index in [1.54, 1.807) is 0 Å². The Kier molecular flexibility index (Phi) is 4.62. The molecule has 0 bridgehead atoms. The molecule has 1 aliphatic carbocycles. The van der Waals surface area contributed by atoms with E-state index in [2.05, 4.69) is 49.2 Å². The van der Waals surface area contributed by atoms with E-state index < -0.39 is 0 Å². The molecule has 84 valence electrons. The monoisotopic (exact) mass is 225 g/mol. The maximum atomic E-state index is 2.43. The van der Waals surface area contributed by atoms with E-state index in [1.165, 1.54) is 18.5 Å². The van der Waals surface area contributed by atoms with Gasteiger partial charge >= 0.3 is 0 Å². The zero-order valence-corrected chi connectivity index (χ0v) is 10.3. The highest BCUT2D eigenvalue weighted by Gasteiger charge is 2.32. The van der Waals surface area contributed by atoms with E-state index in [1.807, 2.05) is 0 Å². The Morgan fingerprint density at radius 2 is 1.87 bits per heavy atom. The van der Waals surface area contributed by atoms with Crippen molar-refractivity contribution in [3.05, 3.63) is 35.9 Å². The van der Waals surface area contributed by atoms with Crippen molar-refractivity contribution in [2.24, 2.45) is 11.8 Å². The van der Waals surface area contributed by atoms with Crippen molar-refractivity contribution in [2.45, 2.75) is 19.9 Å². The summed E-state index contributed by atoms with van der Waals surface area (Å²) < 4.78 is 0. The minimum Gasteiger partial charge on any atom is -0.302 e. The first-order chi connectivity index (χ1) is 6.75. The zero-order valence-electron chi connectivity index (χ0n) is 9.52. The van der Waals surface area contributed by atoms with Gasteiger partial charge in [0.15, 0.2) is 0 Å². The minimum atomic E-state index is 0. The fourth-order valence-electron chi connectivity index (χ4n) is 2.01. The van der Waals surface area contributed by atoms with Crippen LogP contribution < -0.4 is 0 Å². The third kappa shape index (κ3) is 3.84. The van der Waals surface area contributed by atoms with E-state index in [4.69, 9.17) is 0 Å². The van der Waals surface area contributed by atoms with E-state index in [9.17, 15) is 0 Å². The van der Waals surface area contributed by atoms with Crippen LogP contribution in [0.5, 0.6) is 0 Å². The molecule has 2 rings (SSSR count). The highest BCUT2D eigenvalue weighted by molar-refractivity contribution is 5.85. The minimum absolute atomic E-state index is 0. The van der Waals surface area contributed by atoms with E-state index >= 15 is 0 Å². The van der Waals surface area contributed by atoms with Crippen molar-refractivity contribution >= 4 is 12.4 Å². The van der Waals surface area contributed by atoms with Crippen LogP contribution in [0.2, 0.25) is 0 Å². The molecule has 0 aliphatic heterocycles. The van der Waals surface area contributed by atoms with Gasteiger partial charge in [0.05, 0.1) is 0 Å². The van der Waals surface area contributed by atoms with Gasteiger partial charge in [-0.15, -0.1) is 12.4 Å². The molecule has 0 aromatic heterocycles. The van der Waals surface area contributed by atoms with Crippen LogP contribution >= 0.6 is 12.4 Å². The second kappa shape index (κ2) is 5.53. The lowest BCUT2D eigenvalue weighted by Gasteiger charge is -2.16. The molecule has 15 heavy (non-hydrogen) atoms. The smallest absolute Gasteiger partial charge is 0.0230 e. The molecule has 1 nitrogen and oxygen atoms in total. The molecule has 1 aliphatic rings. The summed E-state index contributed by atoms with van der Waals surface area (Å²) in [6, 6.07) is 10.7. The molecule has 2 heteroatoms. The van der Waals surface area contributed by atoms with Crippen molar-refractivity contribution in [1.29, 1.82) is 0 Å². The quantitative estimate of drug-likeness (QED) is 0.761. The average Bonchev–Trinajstić information content (AvgIpc) is 2.83. The van der Waals surface area contributed by atoms with Gasteiger partial charge < -0.3 is 4.90 Å². The van der Waals surface area contributed by atoms with Gasteiger partial charge in [-0.05, 0) is 30.9 Å². The van der Waals surface area contributed by atoms with Gasteiger partial charge in [-0.25, -0.2) is 0 Å². The molecule has 2 atom stereocenters. The molecule has 1 aromatic carbocycles. The predicted octanol–water partition coefficient (Wildman–Crippen LogP) is 3.20. The molecule has 2 unspecified atom stereocenters. The highest BCUT2D eigenvalue weighted by Crippen LogP contribution is 2.38. The van der Waals surface area contributed by atoms with Crippen molar-refractivity contribution < 1.29 is 0 Å². The Bertz CT molecular complexity index is 286. The lowest BCUT2D eigenvalue weighted by atomic mass is 10.2. The molecular formula is C13H20ClN. The van der Waals surface area contributed by atoms with Crippen molar-refractivity contribution in [1.82, 2.24) is 4.90 Å². The summed E-state index contributed by atoms with van der Waals surface area (Å²) in [6.07, 6.45) is 1.43. The summed E-state index contributed by atoms with van der Waals surface area (Å²) >= 11 is 0. The second-order valence-corrected chi connectivity index (χ2v) is 4.66. The summed E-state index contributed by atoms with van der Waals surface area (Å²) in [5.41, 5.74) is 1.42. The average molecular weight is 226 g/mol. The molecule has 0 amide bonds. The molecule has 0 N–H and O–H groups in total. The van der Waals surface area contributed by atoms with Gasteiger partial charge in [-0.1, -0.05) is 37.3 Å². The lowest BCUT2D eigenvalue weighted by Crippen LogP contribution is -2.20. The van der Waals surface area contributed by atoms with Crippen molar-refractivity contribution in [3.63, 3.8) is 0 Å². The first-order valence-electron chi connectivity index (χ1n) is 5.48. The SMILES string of the molecule is CC1CC1CN(C)Cc1ccccc1.Cl. The number of hydrogen-bond donors (Lipinski definition) is 0. The fourth-order valence-corrected chi connectivity index (χ4v) is 2.01. The van der Waals surface area contributed by atoms with Crippen LogP contribution in [0.25, 0.3) is 0 Å². The molecule has 0 heterocycles. The van der Waals surface area contributed by atoms with Gasteiger partial charge in [0.2, 0.25) is 0 Å². The van der Waals surface area contributed by atoms with Gasteiger partial charge in [0.1, 0.15) is 0 Å². The Morgan fingerprint density at radius 3 is 2.40 bits per heavy atom. The van der Waals surface area contributed by atoms with Gasteiger partial charge in [-0.2, -0.15) is 0 Å². The summed E-state index contributed by atoms with van der Waals surface area (Å²) in [6.45, 7) is 4.70. The maximum Gasteiger partial charge on any atom is 0.0230 e. The van der Waals surface area contributed by atoms with Crippen LogP contribution in [0.1, 0.15) is 18.9 Å². The Labute approximate surface area is 98.9 Å². The summed E-state index contributed by atoms with van der Waals surface area (Å²) in [5, 5.41) is 0. The first-order valence-corrected chi connectivity index (χ1v) is 5.48. The van der Waals surface area contributed by atoms with Crippen molar-refractivity contribution in [2.75, 3.05) is 13.6 Å². The highest BCUT2D eigenvalue weighted by atomic mass is 35.5. The van der Waals surface area contributed by atoms with Crippen LogP contribution in [0.15, 0.2) is 30.3 Å². The zero-order chi connectivity index (χ0) is 9.97. The molecule has 1 saturated carbocycles. The van der Waals surface area contributed by atoms with E-state index in [-0.39, 0.29) is 12.4 Å². The molecule has 0 radical (unpaired) electrons. The van der Waals surface area contributed by atoms with Crippen LogP contribution in [-0.4, -0.2) is 18.5 Å². The Balaban J connectivity index is 0.00000112. The summed E-state index contributed by atoms with van der Waals surface area (Å²) in [5.74, 6) is 1.93. The topological polar surface area (TPSA) is 3.24 Å². The van der Waals surface area contributed by atoms with E-state index in [0.717, 1.165) is 18.4 Å². The predicted molar refractivity (Wildman–Crippen MR) is 67.3 cm³/mol. The third-order valence-electron chi connectivity index (χ3n) is 3.12. The summed E-state index contributed by atoms with van der Waals surface area (Å²) in [7, 11) is 2.22. The largest absolute Gasteiger partial charge is 0.302 e. The molecule has 1 fully saturated rings. The molecular weight excluding hydrogens is 206 g/mol. The Hall–Kier alpha value is -0.530. The third-order valence-corrected chi connectivity index (χ3v) is 3.12. The number of benzene rings is 1. The van der Waals surface area contributed by atoms with Crippen molar-refractivity contribution in [3.8, 4) is 0 Å². The van der Waals surface area contributed by atoms with Crippen LogP contribution in [0.3, 0.4) is 0 Å². The lowest BCUT2D eigenvalue weighted by molar-refractivity contribution is 0.307. The van der Waals surface area contributed by atoms with Gasteiger partial charge in [0.25, 0.3) is 0 Å². The van der Waals surface area contributed by atoms with Gasteiger partial charge in [-0.3, -0.25) is 0 Å². The Morgan fingerprint density at radius 1 is 1.27 bits per heavy atom. The molecule has 0 spiro atoms. The maximum absolute atomic E-state index is 2.43. The van der Waals surface area contributed by atoms with Gasteiger partial charge in [0, 0.05) is 13.1 Å². The molecule has 0 saturated heterocycles. The van der Waals surface area contributed by atoms with Crippen LogP contribution in [0, 0.1) is 11.8 Å². The first kappa shape index (κ1) is 12.5. The van der Waals surface area contributed by atoms with Crippen LogP contribution in [-0.2, 0) is 6.54 Å². The standard InChI is InChI=1S/C13H19N.ClH/c1-11-8-13(11)10-14(2)9-12-6-4-3-5-7-12;/h3-7,11,13H,8-10H2,1-2H3;1H. The fraction of sp³-hybridized carbons (Fsp3) is 0.538. The molecule has 1 aromatic rings. The van der Waals surface area contributed by atoms with Crippen LogP contribution in [0.4, 0.5) is 0 Å².